The van der Waals surface area contributed by atoms with Crippen molar-refractivity contribution in [2.75, 3.05) is 23.3 Å². The molecule has 1 N–H and O–H groups in total. The van der Waals surface area contributed by atoms with E-state index in [1.807, 2.05) is 31.2 Å². The molecule has 1 fully saturated rings. The Labute approximate surface area is 201 Å². The van der Waals surface area contributed by atoms with E-state index in [0.29, 0.717) is 28.1 Å². The molecular weight excluding hydrogens is 445 g/mol. The molecule has 174 valence electrons. The summed E-state index contributed by atoms with van der Waals surface area (Å²) in [7, 11) is 0. The van der Waals surface area contributed by atoms with Crippen LogP contribution in [-0.2, 0) is 0 Å². The third kappa shape index (κ3) is 4.24. The second kappa shape index (κ2) is 9.03. The summed E-state index contributed by atoms with van der Waals surface area (Å²) in [5.74, 6) is -0.546. The fraction of sp³-hybridized carbons (Fsp3) is 0.185. The molecule has 7 nitrogen and oxygen atoms in total. The number of carbonyl (C=O) groups is 1. The Morgan fingerprint density at radius 1 is 1.09 bits per heavy atom. The van der Waals surface area contributed by atoms with Crippen molar-refractivity contribution in [3.8, 4) is 11.8 Å². The molecular formula is C27H22FN5O2. The number of aryl methyl sites for hydroxylation is 1. The number of hydrogen-bond acceptors (Lipinski definition) is 5. The molecule has 8 heteroatoms. The summed E-state index contributed by atoms with van der Waals surface area (Å²) in [4.78, 5) is 33.4. The van der Waals surface area contributed by atoms with Crippen LogP contribution in [0, 0.1) is 24.1 Å². The van der Waals surface area contributed by atoms with Gasteiger partial charge in [-0.15, -0.1) is 0 Å². The number of hydrogen-bond donors (Lipinski definition) is 1. The number of benzene rings is 3. The van der Waals surface area contributed by atoms with Crippen LogP contribution in [0.4, 0.5) is 16.0 Å². The van der Waals surface area contributed by atoms with Gasteiger partial charge in [0.15, 0.2) is 0 Å². The van der Waals surface area contributed by atoms with Gasteiger partial charge in [-0.3, -0.25) is 9.59 Å². The van der Waals surface area contributed by atoms with E-state index in [2.05, 4.69) is 10.2 Å². The second-order valence-electron chi connectivity index (χ2n) is 8.58. The lowest BCUT2D eigenvalue weighted by atomic mass is 10.1. The number of anilines is 2. The highest BCUT2D eigenvalue weighted by atomic mass is 19.1. The first kappa shape index (κ1) is 22.3. The molecule has 0 atom stereocenters. The average molecular weight is 468 g/mol. The van der Waals surface area contributed by atoms with Crippen molar-refractivity contribution in [3.63, 3.8) is 0 Å². The first-order chi connectivity index (χ1) is 16.9. The second-order valence-corrected chi connectivity index (χ2v) is 8.58. The molecule has 0 bridgehead atoms. The SMILES string of the molecule is Cc1cccc(-n2c(N3CCCC3)nc3cc(C(=O)Nc4ccc(F)c(C#N)c4)ccc3c2=O)c1. The summed E-state index contributed by atoms with van der Waals surface area (Å²) in [6.07, 6.45) is 2.04. The number of nitrogens with zero attached hydrogens (tertiary/aromatic N) is 4. The van der Waals surface area contributed by atoms with Gasteiger partial charge in [-0.2, -0.15) is 5.26 Å². The van der Waals surface area contributed by atoms with Gasteiger partial charge in [0.05, 0.1) is 22.2 Å². The third-order valence-electron chi connectivity index (χ3n) is 6.11. The van der Waals surface area contributed by atoms with Gasteiger partial charge < -0.3 is 10.2 Å². The summed E-state index contributed by atoms with van der Waals surface area (Å²) in [6, 6.07) is 18.0. The number of amides is 1. The number of nitrogens with one attached hydrogen (secondary N) is 1. The minimum atomic E-state index is -0.653. The van der Waals surface area contributed by atoms with Crippen LogP contribution < -0.4 is 15.8 Å². The molecule has 1 saturated heterocycles. The zero-order valence-corrected chi connectivity index (χ0v) is 19.1. The highest BCUT2D eigenvalue weighted by Crippen LogP contribution is 2.24. The number of aromatic nitrogens is 2. The van der Waals surface area contributed by atoms with E-state index in [1.165, 1.54) is 12.1 Å². The number of rotatable bonds is 4. The zero-order chi connectivity index (χ0) is 24.5. The van der Waals surface area contributed by atoms with E-state index in [1.54, 1.807) is 28.8 Å². The van der Waals surface area contributed by atoms with E-state index in [0.717, 1.165) is 43.2 Å². The van der Waals surface area contributed by atoms with Gasteiger partial charge >= 0.3 is 0 Å². The van der Waals surface area contributed by atoms with Crippen LogP contribution in [0.15, 0.2) is 65.5 Å². The Hall–Kier alpha value is -4.51. The van der Waals surface area contributed by atoms with Crippen molar-refractivity contribution in [1.29, 1.82) is 5.26 Å². The highest BCUT2D eigenvalue weighted by molar-refractivity contribution is 6.06. The van der Waals surface area contributed by atoms with Crippen molar-refractivity contribution < 1.29 is 9.18 Å². The zero-order valence-electron chi connectivity index (χ0n) is 19.1. The summed E-state index contributed by atoms with van der Waals surface area (Å²) in [5, 5.41) is 12.1. The van der Waals surface area contributed by atoms with Crippen LogP contribution in [0.25, 0.3) is 16.6 Å². The molecule has 0 aliphatic carbocycles. The lowest BCUT2D eigenvalue weighted by molar-refractivity contribution is 0.102. The van der Waals surface area contributed by atoms with Crippen LogP contribution in [0.3, 0.4) is 0 Å². The third-order valence-corrected chi connectivity index (χ3v) is 6.11. The van der Waals surface area contributed by atoms with Crippen molar-refractivity contribution >= 4 is 28.4 Å². The van der Waals surface area contributed by atoms with Crippen LogP contribution in [0.5, 0.6) is 0 Å². The number of carbonyl (C=O) groups excluding carboxylic acids is 1. The fourth-order valence-electron chi connectivity index (χ4n) is 4.34. The van der Waals surface area contributed by atoms with Crippen molar-refractivity contribution in [2.24, 2.45) is 0 Å². The van der Waals surface area contributed by atoms with Gasteiger partial charge in [0.2, 0.25) is 5.95 Å². The Kier molecular flexibility index (Phi) is 5.75. The molecule has 0 spiro atoms. The van der Waals surface area contributed by atoms with E-state index in [9.17, 15) is 14.0 Å². The molecule has 2 heterocycles. The van der Waals surface area contributed by atoms with Gasteiger partial charge in [0, 0.05) is 24.3 Å². The van der Waals surface area contributed by atoms with Gasteiger partial charge in [-0.05, 0) is 73.9 Å². The molecule has 4 aromatic rings. The van der Waals surface area contributed by atoms with Gasteiger partial charge in [-0.1, -0.05) is 12.1 Å². The Morgan fingerprint density at radius 3 is 2.63 bits per heavy atom. The van der Waals surface area contributed by atoms with Crippen LogP contribution in [0.1, 0.15) is 34.3 Å². The topological polar surface area (TPSA) is 91.0 Å². The number of nitriles is 1. The maximum atomic E-state index is 13.6. The fourth-order valence-corrected chi connectivity index (χ4v) is 4.34. The standard InChI is InChI=1S/C27H22FN5O2/c1-17-5-4-6-21(13-17)33-26(35)22-9-7-18(15-24(22)31-27(33)32-11-2-3-12-32)25(34)30-20-8-10-23(28)19(14-20)16-29/h4-10,13-15H,2-3,11-12H2,1H3,(H,30,34). The summed E-state index contributed by atoms with van der Waals surface area (Å²) < 4.78 is 15.2. The normalized spacial score (nSPS) is 13.1. The Bertz CT molecular complexity index is 1560. The van der Waals surface area contributed by atoms with Gasteiger partial charge in [0.1, 0.15) is 11.9 Å². The maximum absolute atomic E-state index is 13.6. The van der Waals surface area contributed by atoms with Crippen molar-refractivity contribution in [3.05, 3.63) is 93.5 Å². The summed E-state index contributed by atoms with van der Waals surface area (Å²) >= 11 is 0. The average Bonchev–Trinajstić information content (AvgIpc) is 3.39. The van der Waals surface area contributed by atoms with E-state index < -0.39 is 11.7 Å². The Balaban J connectivity index is 1.58. The largest absolute Gasteiger partial charge is 0.342 e. The van der Waals surface area contributed by atoms with Crippen molar-refractivity contribution in [1.82, 2.24) is 9.55 Å². The molecule has 3 aromatic carbocycles. The first-order valence-electron chi connectivity index (χ1n) is 11.3. The summed E-state index contributed by atoms with van der Waals surface area (Å²) in [5.41, 5.74) is 2.44. The lowest BCUT2D eigenvalue weighted by Gasteiger charge is -2.22. The highest BCUT2D eigenvalue weighted by Gasteiger charge is 2.22. The van der Waals surface area contributed by atoms with E-state index in [4.69, 9.17) is 10.2 Å². The maximum Gasteiger partial charge on any atom is 0.267 e. The monoisotopic (exact) mass is 467 g/mol. The van der Waals surface area contributed by atoms with Crippen LogP contribution >= 0.6 is 0 Å². The molecule has 1 aliphatic heterocycles. The molecule has 5 rings (SSSR count). The molecule has 0 radical (unpaired) electrons. The predicted molar refractivity (Wildman–Crippen MR) is 133 cm³/mol. The van der Waals surface area contributed by atoms with Crippen LogP contribution in [-0.4, -0.2) is 28.5 Å². The first-order valence-corrected chi connectivity index (χ1v) is 11.3. The van der Waals surface area contributed by atoms with Gasteiger partial charge in [-0.25, -0.2) is 13.9 Å². The molecule has 1 aromatic heterocycles. The molecule has 0 saturated carbocycles. The minimum absolute atomic E-state index is 0.157. The predicted octanol–water partition coefficient (Wildman–Crippen LogP) is 4.56. The quantitative estimate of drug-likeness (QED) is 0.475. The van der Waals surface area contributed by atoms with Crippen LogP contribution in [0.2, 0.25) is 0 Å². The summed E-state index contributed by atoms with van der Waals surface area (Å²) in [6.45, 7) is 3.58. The number of halogens is 1. The molecule has 1 aliphatic rings. The molecule has 1 amide bonds. The molecule has 0 unspecified atom stereocenters. The van der Waals surface area contributed by atoms with Gasteiger partial charge in [0.25, 0.3) is 11.5 Å². The Morgan fingerprint density at radius 2 is 1.89 bits per heavy atom. The smallest absolute Gasteiger partial charge is 0.267 e. The molecule has 35 heavy (non-hydrogen) atoms. The minimum Gasteiger partial charge on any atom is -0.342 e. The van der Waals surface area contributed by atoms with E-state index in [-0.39, 0.29) is 11.1 Å². The lowest BCUT2D eigenvalue weighted by Crippen LogP contribution is -2.30. The van der Waals surface area contributed by atoms with Crippen molar-refractivity contribution in [2.45, 2.75) is 19.8 Å². The number of fused-ring (bicyclic) bond motifs is 1. The van der Waals surface area contributed by atoms with E-state index >= 15 is 0 Å².